The van der Waals surface area contributed by atoms with Crippen molar-refractivity contribution < 1.29 is 22.7 Å². The third-order valence-corrected chi connectivity index (χ3v) is 4.74. The average molecular weight is 371 g/mol. The Balaban J connectivity index is 1.91. The number of hydrogen-bond acceptors (Lipinski definition) is 6. The molecule has 1 fully saturated rings. The number of carbonyl (C=O) groups is 1. The van der Waals surface area contributed by atoms with E-state index >= 15 is 0 Å². The van der Waals surface area contributed by atoms with Crippen LogP contribution in [0.15, 0.2) is 0 Å². The number of nitrogens with zero attached hydrogens (tertiary/aromatic N) is 5. The van der Waals surface area contributed by atoms with Crippen LogP contribution in [0.1, 0.15) is 36.7 Å². The highest BCUT2D eigenvalue weighted by molar-refractivity contribution is 5.73. The molecule has 0 amide bonds. The quantitative estimate of drug-likeness (QED) is 0.772. The average Bonchev–Trinajstić information content (AvgIpc) is 3.03. The van der Waals surface area contributed by atoms with E-state index in [1.165, 1.54) is 0 Å². The number of aromatic nitrogens is 4. The smallest absolute Gasteiger partial charge is 0.453 e. The lowest BCUT2D eigenvalue weighted by atomic mass is 9.96. The van der Waals surface area contributed by atoms with Crippen molar-refractivity contribution in [3.8, 4) is 0 Å². The van der Waals surface area contributed by atoms with Crippen LogP contribution in [-0.2, 0) is 15.7 Å². The van der Waals surface area contributed by atoms with E-state index in [-0.39, 0.29) is 17.5 Å². The topological polar surface area (TPSA) is 72.6 Å². The summed E-state index contributed by atoms with van der Waals surface area (Å²) in [5, 5.41) is 11.1. The van der Waals surface area contributed by atoms with E-state index in [0.717, 1.165) is 10.1 Å². The van der Waals surface area contributed by atoms with Crippen molar-refractivity contribution in [3.05, 3.63) is 17.0 Å². The van der Waals surface area contributed by atoms with Crippen LogP contribution >= 0.6 is 0 Å². The number of hydrogen-bond donors (Lipinski definition) is 0. The van der Waals surface area contributed by atoms with Gasteiger partial charge in [0.2, 0.25) is 0 Å². The minimum atomic E-state index is -4.64. The highest BCUT2D eigenvalue weighted by atomic mass is 19.4. The van der Waals surface area contributed by atoms with Gasteiger partial charge in [-0.1, -0.05) is 0 Å². The lowest BCUT2D eigenvalue weighted by Gasteiger charge is -2.32. The van der Waals surface area contributed by atoms with E-state index in [4.69, 9.17) is 4.74 Å². The molecule has 1 aliphatic heterocycles. The van der Waals surface area contributed by atoms with Gasteiger partial charge in [0.15, 0.2) is 11.5 Å². The molecular formula is C16H20F3N5O2. The summed E-state index contributed by atoms with van der Waals surface area (Å²) in [6.07, 6.45) is -3.49. The first-order valence-electron chi connectivity index (χ1n) is 8.45. The lowest BCUT2D eigenvalue weighted by Crippen LogP contribution is -2.38. The predicted molar refractivity (Wildman–Crippen MR) is 86.8 cm³/mol. The van der Waals surface area contributed by atoms with Crippen molar-refractivity contribution in [1.29, 1.82) is 0 Å². The number of halogens is 3. The van der Waals surface area contributed by atoms with Gasteiger partial charge in [-0.3, -0.25) is 4.79 Å². The molecule has 0 saturated carbocycles. The Labute approximate surface area is 148 Å². The van der Waals surface area contributed by atoms with Gasteiger partial charge >= 0.3 is 12.1 Å². The molecule has 0 N–H and O–H groups in total. The van der Waals surface area contributed by atoms with Crippen molar-refractivity contribution in [3.63, 3.8) is 0 Å². The van der Waals surface area contributed by atoms with E-state index < -0.39 is 12.0 Å². The molecule has 1 saturated heterocycles. The molecule has 0 radical (unpaired) electrons. The van der Waals surface area contributed by atoms with Crippen LogP contribution in [-0.4, -0.2) is 45.5 Å². The number of rotatable bonds is 3. The van der Waals surface area contributed by atoms with Crippen LogP contribution in [0.4, 0.5) is 19.0 Å². The maximum atomic E-state index is 13.1. The van der Waals surface area contributed by atoms with E-state index in [1.807, 2.05) is 4.90 Å². The Kier molecular flexibility index (Phi) is 4.76. The van der Waals surface area contributed by atoms with E-state index in [9.17, 15) is 18.0 Å². The van der Waals surface area contributed by atoms with Gasteiger partial charge < -0.3 is 9.64 Å². The van der Waals surface area contributed by atoms with Gasteiger partial charge in [0.25, 0.3) is 5.82 Å². The zero-order valence-electron chi connectivity index (χ0n) is 14.8. The van der Waals surface area contributed by atoms with Gasteiger partial charge in [-0.05, 0) is 33.6 Å². The SMILES string of the molecule is CCOC(=O)C1CCN(c2nn3c(C(F)(F)F)nnc3c(C)c2C)CC1. The van der Waals surface area contributed by atoms with Crippen LogP contribution in [0.25, 0.3) is 5.65 Å². The van der Waals surface area contributed by atoms with Gasteiger partial charge in [-0.25, -0.2) is 0 Å². The van der Waals surface area contributed by atoms with Gasteiger partial charge in [0.1, 0.15) is 0 Å². The van der Waals surface area contributed by atoms with Crippen molar-refractivity contribution in [2.45, 2.75) is 39.8 Å². The number of piperidine rings is 1. The van der Waals surface area contributed by atoms with Gasteiger partial charge in [0, 0.05) is 24.2 Å². The minimum absolute atomic E-state index is 0.0972. The molecule has 10 heteroatoms. The molecule has 3 rings (SSSR count). The lowest BCUT2D eigenvalue weighted by molar-refractivity contribution is -0.149. The Morgan fingerprint density at radius 1 is 1.19 bits per heavy atom. The molecule has 26 heavy (non-hydrogen) atoms. The molecule has 2 aromatic rings. The zero-order valence-corrected chi connectivity index (χ0v) is 14.8. The number of aryl methyl sites for hydroxylation is 1. The fraction of sp³-hybridized carbons (Fsp3) is 0.625. The second-order valence-electron chi connectivity index (χ2n) is 6.34. The molecular weight excluding hydrogens is 351 g/mol. The van der Waals surface area contributed by atoms with E-state index in [2.05, 4.69) is 15.3 Å². The van der Waals surface area contributed by atoms with Gasteiger partial charge in [-0.15, -0.1) is 15.3 Å². The molecule has 0 aromatic carbocycles. The number of carbonyl (C=O) groups excluding carboxylic acids is 1. The highest BCUT2D eigenvalue weighted by Gasteiger charge is 2.38. The van der Waals surface area contributed by atoms with Crippen LogP contribution in [0, 0.1) is 19.8 Å². The largest absolute Gasteiger partial charge is 0.466 e. The fourth-order valence-electron chi connectivity index (χ4n) is 3.18. The Bertz CT molecular complexity index is 825. The maximum Gasteiger partial charge on any atom is 0.453 e. The third kappa shape index (κ3) is 3.19. The summed E-state index contributed by atoms with van der Waals surface area (Å²) >= 11 is 0. The molecule has 2 aromatic heterocycles. The molecule has 7 nitrogen and oxygen atoms in total. The van der Waals surface area contributed by atoms with E-state index in [0.29, 0.717) is 43.9 Å². The number of alkyl halides is 3. The number of ether oxygens (including phenoxy) is 1. The fourth-order valence-corrected chi connectivity index (χ4v) is 3.18. The molecule has 0 spiro atoms. The monoisotopic (exact) mass is 371 g/mol. The van der Waals surface area contributed by atoms with Crippen molar-refractivity contribution >= 4 is 17.4 Å². The molecule has 3 heterocycles. The molecule has 142 valence electrons. The maximum absolute atomic E-state index is 13.1. The van der Waals surface area contributed by atoms with Crippen LogP contribution < -0.4 is 4.90 Å². The first-order chi connectivity index (χ1) is 12.2. The summed E-state index contributed by atoms with van der Waals surface area (Å²) in [6, 6.07) is 0. The Morgan fingerprint density at radius 3 is 2.42 bits per heavy atom. The minimum Gasteiger partial charge on any atom is -0.466 e. The van der Waals surface area contributed by atoms with Crippen LogP contribution in [0.2, 0.25) is 0 Å². The molecule has 0 bridgehead atoms. The number of anilines is 1. The van der Waals surface area contributed by atoms with E-state index in [1.54, 1.807) is 20.8 Å². The predicted octanol–water partition coefficient (Wildman–Crippen LogP) is 2.54. The first kappa shape index (κ1) is 18.4. The van der Waals surface area contributed by atoms with Crippen molar-refractivity contribution in [2.75, 3.05) is 24.6 Å². The molecule has 0 aliphatic carbocycles. The zero-order chi connectivity index (χ0) is 19.1. The van der Waals surface area contributed by atoms with Crippen LogP contribution in [0.3, 0.4) is 0 Å². The third-order valence-electron chi connectivity index (χ3n) is 4.74. The standard InChI is InChI=1S/C16H20F3N5O2/c1-4-26-14(25)11-5-7-23(8-6-11)13-10(3)9(2)12-20-21-15(16(17,18)19)24(12)22-13/h11H,4-8H2,1-3H3. The molecule has 0 atom stereocenters. The summed E-state index contributed by atoms with van der Waals surface area (Å²) in [6.45, 7) is 6.64. The number of esters is 1. The second kappa shape index (κ2) is 6.73. The second-order valence-corrected chi connectivity index (χ2v) is 6.34. The molecule has 0 unspecified atom stereocenters. The Hall–Kier alpha value is -2.39. The highest BCUT2D eigenvalue weighted by Crippen LogP contribution is 2.32. The van der Waals surface area contributed by atoms with Crippen molar-refractivity contribution in [2.24, 2.45) is 5.92 Å². The summed E-state index contributed by atoms with van der Waals surface area (Å²) in [5.74, 6) is -1.08. The summed E-state index contributed by atoms with van der Waals surface area (Å²) in [7, 11) is 0. The summed E-state index contributed by atoms with van der Waals surface area (Å²) in [4.78, 5) is 13.8. The van der Waals surface area contributed by atoms with Gasteiger partial charge in [-0.2, -0.15) is 17.7 Å². The van der Waals surface area contributed by atoms with Crippen molar-refractivity contribution in [1.82, 2.24) is 19.8 Å². The Morgan fingerprint density at radius 2 is 1.85 bits per heavy atom. The van der Waals surface area contributed by atoms with Gasteiger partial charge in [0.05, 0.1) is 12.5 Å². The first-order valence-corrected chi connectivity index (χ1v) is 8.45. The molecule has 1 aliphatic rings. The van der Waals surface area contributed by atoms with Crippen LogP contribution in [0.5, 0.6) is 0 Å². The summed E-state index contributed by atoms with van der Waals surface area (Å²) < 4.78 is 45.2. The summed E-state index contributed by atoms with van der Waals surface area (Å²) in [5.41, 5.74) is 1.46. The normalized spacial score (nSPS) is 16.3. The number of fused-ring (bicyclic) bond motifs is 1.